The summed E-state index contributed by atoms with van der Waals surface area (Å²) in [6, 6.07) is 13.1. The molecule has 1 amide bonds. The average molecular weight is 329 g/mol. The fourth-order valence-corrected chi connectivity index (χ4v) is 2.60. The van der Waals surface area contributed by atoms with Crippen LogP contribution >= 0.6 is 11.6 Å². The number of H-pyrrole nitrogens is 1. The van der Waals surface area contributed by atoms with Gasteiger partial charge in [-0.2, -0.15) is 15.4 Å². The molecule has 23 heavy (non-hydrogen) atoms. The first kappa shape index (κ1) is 15.5. The molecule has 0 bridgehead atoms. The van der Waals surface area contributed by atoms with Gasteiger partial charge in [0.05, 0.1) is 0 Å². The van der Waals surface area contributed by atoms with Gasteiger partial charge < -0.3 is 4.90 Å². The molecule has 3 aromatic rings. The largest absolute Gasteiger partial charge is 0.339 e. The molecule has 0 spiro atoms. The minimum Gasteiger partial charge on any atom is -0.339 e. The quantitative estimate of drug-likeness (QED) is 0.799. The summed E-state index contributed by atoms with van der Waals surface area (Å²) in [6.45, 7) is 2.03. The normalized spacial score (nSPS) is 12.3. The van der Waals surface area contributed by atoms with E-state index in [0.29, 0.717) is 16.1 Å². The lowest BCUT2D eigenvalue weighted by Crippen LogP contribution is -2.36. The second-order valence-corrected chi connectivity index (χ2v) is 6.06. The predicted molar refractivity (Wildman–Crippen MR) is 90.6 cm³/mol. The van der Waals surface area contributed by atoms with Crippen LogP contribution in [0, 0.1) is 0 Å². The molecule has 1 N–H and O–H groups in total. The molecule has 0 aliphatic heterocycles. The van der Waals surface area contributed by atoms with Gasteiger partial charge in [0, 0.05) is 23.7 Å². The van der Waals surface area contributed by atoms with Crippen LogP contribution in [0.5, 0.6) is 0 Å². The lowest BCUT2D eigenvalue weighted by molar-refractivity contribution is 0.0743. The summed E-state index contributed by atoms with van der Waals surface area (Å²) in [5.74, 6) is -0.0311. The van der Waals surface area contributed by atoms with Crippen LogP contribution in [0.25, 0.3) is 11.0 Å². The Balaban J connectivity index is 1.73. The van der Waals surface area contributed by atoms with Crippen molar-refractivity contribution >= 4 is 28.5 Å². The molecule has 1 aromatic heterocycles. The fraction of sp³-hybridized carbons (Fsp3) is 0.235. The average Bonchev–Trinajstić information content (AvgIpc) is 3.03. The van der Waals surface area contributed by atoms with E-state index in [-0.39, 0.29) is 11.9 Å². The third-order valence-electron chi connectivity index (χ3n) is 3.99. The summed E-state index contributed by atoms with van der Waals surface area (Å²) >= 11 is 5.90. The molecule has 1 heterocycles. The molecule has 2 aromatic carbocycles. The number of nitrogens with one attached hydrogen (secondary N) is 1. The van der Waals surface area contributed by atoms with E-state index in [9.17, 15) is 4.79 Å². The SMILES string of the molecule is C[C@@H](Cc1ccc(Cl)cc1)N(C)C(=O)c1ccc2n[nH]nc2c1. The summed E-state index contributed by atoms with van der Waals surface area (Å²) in [5, 5.41) is 11.3. The van der Waals surface area contributed by atoms with Gasteiger partial charge in [-0.05, 0) is 49.2 Å². The Hall–Kier alpha value is -2.40. The number of hydrogen-bond donors (Lipinski definition) is 1. The van der Waals surface area contributed by atoms with Crippen LogP contribution in [0.4, 0.5) is 0 Å². The zero-order valence-corrected chi connectivity index (χ0v) is 13.7. The number of rotatable bonds is 4. The zero-order chi connectivity index (χ0) is 16.4. The molecule has 6 heteroatoms. The molecule has 0 saturated carbocycles. The molecular formula is C17H17ClN4O. The van der Waals surface area contributed by atoms with Gasteiger partial charge in [-0.15, -0.1) is 0 Å². The summed E-state index contributed by atoms with van der Waals surface area (Å²) in [4.78, 5) is 14.4. The van der Waals surface area contributed by atoms with Crippen LogP contribution in [0.15, 0.2) is 42.5 Å². The number of carbonyl (C=O) groups is 1. The highest BCUT2D eigenvalue weighted by atomic mass is 35.5. The molecule has 0 radical (unpaired) electrons. The van der Waals surface area contributed by atoms with Crippen molar-refractivity contribution in [3.05, 3.63) is 58.6 Å². The summed E-state index contributed by atoms with van der Waals surface area (Å²) in [5.41, 5.74) is 3.19. The van der Waals surface area contributed by atoms with Gasteiger partial charge >= 0.3 is 0 Å². The van der Waals surface area contributed by atoms with Gasteiger partial charge in [-0.1, -0.05) is 23.7 Å². The lowest BCUT2D eigenvalue weighted by Gasteiger charge is -2.25. The van der Waals surface area contributed by atoms with E-state index in [0.717, 1.165) is 17.5 Å². The van der Waals surface area contributed by atoms with Gasteiger partial charge in [0.2, 0.25) is 0 Å². The molecule has 118 valence electrons. The fourth-order valence-electron chi connectivity index (χ4n) is 2.48. The standard InChI is InChI=1S/C17H17ClN4O/c1-11(9-12-3-6-14(18)7-4-12)22(2)17(23)13-5-8-15-16(10-13)20-21-19-15/h3-8,10-11H,9H2,1-2H3,(H,19,20,21)/t11-/m0/s1. The summed E-state index contributed by atoms with van der Waals surface area (Å²) in [6.07, 6.45) is 0.769. The topological polar surface area (TPSA) is 61.9 Å². The minimum absolute atomic E-state index is 0.0311. The number of fused-ring (bicyclic) bond motifs is 1. The Morgan fingerprint density at radius 1 is 1.17 bits per heavy atom. The van der Waals surface area contributed by atoms with E-state index in [2.05, 4.69) is 15.4 Å². The summed E-state index contributed by atoms with van der Waals surface area (Å²) < 4.78 is 0. The Bertz CT molecular complexity index is 828. The number of hydrogen-bond acceptors (Lipinski definition) is 3. The number of benzene rings is 2. The number of aromatic amines is 1. The second kappa shape index (κ2) is 6.38. The molecule has 1 atom stereocenters. The lowest BCUT2D eigenvalue weighted by atomic mass is 10.1. The van der Waals surface area contributed by atoms with Gasteiger partial charge in [-0.25, -0.2) is 0 Å². The van der Waals surface area contributed by atoms with Crippen LogP contribution in [0.3, 0.4) is 0 Å². The number of nitrogens with zero attached hydrogens (tertiary/aromatic N) is 3. The van der Waals surface area contributed by atoms with Crippen LogP contribution < -0.4 is 0 Å². The molecule has 0 unspecified atom stereocenters. The van der Waals surface area contributed by atoms with Crippen molar-refractivity contribution in [1.29, 1.82) is 0 Å². The van der Waals surface area contributed by atoms with Gasteiger partial charge in [0.25, 0.3) is 5.91 Å². The van der Waals surface area contributed by atoms with Crippen molar-refractivity contribution in [3.8, 4) is 0 Å². The van der Waals surface area contributed by atoms with Crippen molar-refractivity contribution in [2.75, 3.05) is 7.05 Å². The number of amides is 1. The van der Waals surface area contributed by atoms with E-state index < -0.39 is 0 Å². The molecule has 0 aliphatic carbocycles. The molecule has 0 aliphatic rings. The van der Waals surface area contributed by atoms with E-state index in [4.69, 9.17) is 11.6 Å². The van der Waals surface area contributed by atoms with Gasteiger partial charge in [0.15, 0.2) is 0 Å². The number of aromatic nitrogens is 3. The maximum absolute atomic E-state index is 12.6. The first-order chi connectivity index (χ1) is 11.0. The van der Waals surface area contributed by atoms with Crippen LogP contribution in [0.2, 0.25) is 5.02 Å². The van der Waals surface area contributed by atoms with Crippen molar-refractivity contribution in [1.82, 2.24) is 20.3 Å². The highest BCUT2D eigenvalue weighted by Crippen LogP contribution is 2.16. The van der Waals surface area contributed by atoms with Crippen LogP contribution in [-0.2, 0) is 6.42 Å². The van der Waals surface area contributed by atoms with Crippen molar-refractivity contribution in [2.24, 2.45) is 0 Å². The van der Waals surface area contributed by atoms with Gasteiger partial charge in [0.1, 0.15) is 11.0 Å². The van der Waals surface area contributed by atoms with E-state index in [1.165, 1.54) is 0 Å². The number of halogens is 1. The molecule has 0 saturated heterocycles. The maximum Gasteiger partial charge on any atom is 0.253 e. The number of likely N-dealkylation sites (N-methyl/N-ethyl adjacent to an activating group) is 1. The van der Waals surface area contributed by atoms with Crippen molar-refractivity contribution in [2.45, 2.75) is 19.4 Å². The second-order valence-electron chi connectivity index (χ2n) is 5.62. The monoisotopic (exact) mass is 328 g/mol. The van der Waals surface area contributed by atoms with Crippen molar-refractivity contribution < 1.29 is 4.79 Å². The first-order valence-electron chi connectivity index (χ1n) is 7.37. The molecule has 3 rings (SSSR count). The Morgan fingerprint density at radius 2 is 1.87 bits per heavy atom. The first-order valence-corrected chi connectivity index (χ1v) is 7.74. The highest BCUT2D eigenvalue weighted by Gasteiger charge is 2.18. The Labute approximate surface area is 139 Å². The molecule has 5 nitrogen and oxygen atoms in total. The molecule has 0 fully saturated rings. The Morgan fingerprint density at radius 3 is 2.61 bits per heavy atom. The maximum atomic E-state index is 12.6. The molecular weight excluding hydrogens is 312 g/mol. The third kappa shape index (κ3) is 3.35. The number of carbonyl (C=O) groups excluding carboxylic acids is 1. The van der Waals surface area contributed by atoms with Crippen LogP contribution in [0.1, 0.15) is 22.8 Å². The predicted octanol–water partition coefficient (Wildman–Crippen LogP) is 3.31. The van der Waals surface area contributed by atoms with E-state index >= 15 is 0 Å². The summed E-state index contributed by atoms with van der Waals surface area (Å²) in [7, 11) is 1.82. The van der Waals surface area contributed by atoms with Gasteiger partial charge in [-0.3, -0.25) is 4.79 Å². The minimum atomic E-state index is -0.0311. The highest BCUT2D eigenvalue weighted by molar-refractivity contribution is 6.30. The van der Waals surface area contributed by atoms with E-state index in [1.807, 2.05) is 38.2 Å². The van der Waals surface area contributed by atoms with E-state index in [1.54, 1.807) is 23.1 Å². The van der Waals surface area contributed by atoms with Crippen molar-refractivity contribution in [3.63, 3.8) is 0 Å². The third-order valence-corrected chi connectivity index (χ3v) is 4.24. The van der Waals surface area contributed by atoms with Crippen LogP contribution in [-0.4, -0.2) is 39.3 Å². The smallest absolute Gasteiger partial charge is 0.253 e. The Kier molecular flexibility index (Phi) is 4.30. The zero-order valence-electron chi connectivity index (χ0n) is 13.0.